The summed E-state index contributed by atoms with van der Waals surface area (Å²) in [4.78, 5) is 12.2. The van der Waals surface area contributed by atoms with Crippen molar-refractivity contribution in [3.8, 4) is 11.5 Å². The maximum atomic E-state index is 13.2. The van der Waals surface area contributed by atoms with Gasteiger partial charge in [-0.05, 0) is 41.3 Å². The fourth-order valence-corrected chi connectivity index (χ4v) is 2.28. The number of hydrogen-bond donors (Lipinski definition) is 0. The van der Waals surface area contributed by atoms with E-state index >= 15 is 0 Å². The van der Waals surface area contributed by atoms with Gasteiger partial charge in [-0.25, -0.2) is 4.39 Å². The smallest absolute Gasteiger partial charge is 0.315 e. The Kier molecular flexibility index (Phi) is 5.04. The molecule has 0 unspecified atom stereocenters. The van der Waals surface area contributed by atoms with Crippen molar-refractivity contribution in [2.24, 2.45) is 0 Å². The van der Waals surface area contributed by atoms with Gasteiger partial charge >= 0.3 is 5.97 Å². The first kappa shape index (κ1) is 17.0. The number of esters is 1. The average molecular weight is 316 g/mol. The molecule has 0 saturated heterocycles. The van der Waals surface area contributed by atoms with Crippen LogP contribution in [-0.2, 0) is 16.6 Å². The minimum atomic E-state index is -0.425. The second-order valence-electron chi connectivity index (χ2n) is 6.39. The van der Waals surface area contributed by atoms with Crippen LogP contribution >= 0.6 is 0 Å². The zero-order chi connectivity index (χ0) is 17.0. The number of carbonyl (C=O) groups excluding carboxylic acids is 1. The molecule has 0 aliphatic rings. The number of methoxy groups -OCH3 is 1. The van der Waals surface area contributed by atoms with Gasteiger partial charge in [-0.1, -0.05) is 32.9 Å². The van der Waals surface area contributed by atoms with Gasteiger partial charge in [-0.2, -0.15) is 0 Å². The van der Waals surface area contributed by atoms with E-state index in [2.05, 4.69) is 0 Å². The summed E-state index contributed by atoms with van der Waals surface area (Å²) in [7, 11) is 1.59. The van der Waals surface area contributed by atoms with E-state index in [4.69, 9.17) is 9.47 Å². The number of ether oxygens (including phenoxy) is 2. The molecular weight excluding hydrogens is 295 g/mol. The summed E-state index contributed by atoms with van der Waals surface area (Å²) in [6, 6.07) is 11.3. The maximum Gasteiger partial charge on any atom is 0.315 e. The van der Waals surface area contributed by atoms with E-state index in [1.165, 1.54) is 12.1 Å². The molecule has 0 atom stereocenters. The van der Waals surface area contributed by atoms with Crippen LogP contribution in [0.5, 0.6) is 11.5 Å². The topological polar surface area (TPSA) is 35.5 Å². The summed E-state index contributed by atoms with van der Waals surface area (Å²) in [6.45, 7) is 6.10. The average Bonchev–Trinajstić information content (AvgIpc) is 2.46. The molecule has 0 radical (unpaired) electrons. The van der Waals surface area contributed by atoms with Crippen molar-refractivity contribution in [1.29, 1.82) is 0 Å². The Morgan fingerprint density at radius 1 is 1.13 bits per heavy atom. The molecule has 122 valence electrons. The van der Waals surface area contributed by atoms with Gasteiger partial charge in [0.2, 0.25) is 0 Å². The number of benzene rings is 2. The Hall–Kier alpha value is -2.36. The van der Waals surface area contributed by atoms with Crippen molar-refractivity contribution in [2.45, 2.75) is 32.6 Å². The molecule has 2 aromatic carbocycles. The van der Waals surface area contributed by atoms with Crippen LogP contribution in [0.4, 0.5) is 4.39 Å². The first-order valence-corrected chi connectivity index (χ1v) is 7.43. The summed E-state index contributed by atoms with van der Waals surface area (Å²) in [5.41, 5.74) is 1.26. The summed E-state index contributed by atoms with van der Waals surface area (Å²) in [5.74, 6) is 0.418. The van der Waals surface area contributed by atoms with Crippen LogP contribution in [-0.4, -0.2) is 13.1 Å². The van der Waals surface area contributed by atoms with E-state index in [-0.39, 0.29) is 17.7 Å². The predicted octanol–water partition coefficient (Wildman–Crippen LogP) is 4.28. The van der Waals surface area contributed by atoms with Crippen molar-refractivity contribution in [2.75, 3.05) is 7.11 Å². The molecular formula is C19H21FO3. The molecule has 0 spiro atoms. The Morgan fingerprint density at radius 3 is 2.48 bits per heavy atom. The normalized spacial score (nSPS) is 11.2. The third kappa shape index (κ3) is 4.55. The van der Waals surface area contributed by atoms with E-state index in [9.17, 15) is 9.18 Å². The number of hydrogen-bond acceptors (Lipinski definition) is 3. The quantitative estimate of drug-likeness (QED) is 0.624. The van der Waals surface area contributed by atoms with Gasteiger partial charge in [-0.3, -0.25) is 4.79 Å². The van der Waals surface area contributed by atoms with Crippen LogP contribution in [0.25, 0.3) is 0 Å². The summed E-state index contributed by atoms with van der Waals surface area (Å²) >= 11 is 0. The lowest BCUT2D eigenvalue weighted by Crippen LogP contribution is -2.17. The Labute approximate surface area is 136 Å². The van der Waals surface area contributed by atoms with Gasteiger partial charge in [0.25, 0.3) is 0 Å². The highest BCUT2D eigenvalue weighted by molar-refractivity contribution is 5.75. The first-order valence-electron chi connectivity index (χ1n) is 7.43. The lowest BCUT2D eigenvalue weighted by molar-refractivity contribution is -0.133. The minimum absolute atomic E-state index is 0.0212. The molecule has 0 amide bonds. The van der Waals surface area contributed by atoms with E-state index in [1.54, 1.807) is 31.4 Å². The molecule has 0 fully saturated rings. The Morgan fingerprint density at radius 2 is 1.87 bits per heavy atom. The van der Waals surface area contributed by atoms with E-state index < -0.39 is 5.97 Å². The fourth-order valence-electron chi connectivity index (χ4n) is 2.28. The first-order chi connectivity index (χ1) is 10.8. The predicted molar refractivity (Wildman–Crippen MR) is 87.4 cm³/mol. The van der Waals surface area contributed by atoms with Crippen molar-refractivity contribution in [3.63, 3.8) is 0 Å². The van der Waals surface area contributed by atoms with Gasteiger partial charge in [0.1, 0.15) is 17.3 Å². The van der Waals surface area contributed by atoms with E-state index in [0.717, 1.165) is 5.56 Å². The molecule has 0 heterocycles. The lowest BCUT2D eigenvalue weighted by atomic mass is 9.86. The molecule has 3 nitrogen and oxygen atoms in total. The number of carbonyl (C=O) groups is 1. The second-order valence-corrected chi connectivity index (χ2v) is 6.39. The lowest BCUT2D eigenvalue weighted by Gasteiger charge is -2.23. The molecule has 0 saturated carbocycles. The van der Waals surface area contributed by atoms with Crippen LogP contribution in [0.2, 0.25) is 0 Å². The van der Waals surface area contributed by atoms with Crippen LogP contribution in [0.1, 0.15) is 31.9 Å². The molecule has 2 rings (SSSR count). The van der Waals surface area contributed by atoms with Crippen molar-refractivity contribution in [3.05, 3.63) is 59.4 Å². The van der Waals surface area contributed by atoms with Crippen molar-refractivity contribution >= 4 is 5.97 Å². The van der Waals surface area contributed by atoms with Gasteiger partial charge in [-0.15, -0.1) is 0 Å². The molecule has 0 aromatic heterocycles. The SMILES string of the molecule is COc1ccc(OC(=O)Cc2cccc(F)c2)c(C(C)(C)C)c1. The highest BCUT2D eigenvalue weighted by Crippen LogP contribution is 2.34. The standard InChI is InChI=1S/C19H21FO3/c1-19(2,3)16-12-15(22-4)8-9-17(16)23-18(21)11-13-6-5-7-14(20)10-13/h5-10,12H,11H2,1-4H3. The van der Waals surface area contributed by atoms with Gasteiger partial charge in [0.15, 0.2) is 0 Å². The highest BCUT2D eigenvalue weighted by atomic mass is 19.1. The van der Waals surface area contributed by atoms with Crippen LogP contribution in [0.15, 0.2) is 42.5 Å². The zero-order valence-electron chi connectivity index (χ0n) is 13.9. The van der Waals surface area contributed by atoms with Crippen LogP contribution in [0, 0.1) is 5.82 Å². The highest BCUT2D eigenvalue weighted by Gasteiger charge is 2.21. The van der Waals surface area contributed by atoms with E-state index in [1.807, 2.05) is 26.8 Å². The molecule has 2 aromatic rings. The molecule has 0 bridgehead atoms. The van der Waals surface area contributed by atoms with Gasteiger partial charge < -0.3 is 9.47 Å². The molecule has 0 aliphatic carbocycles. The minimum Gasteiger partial charge on any atom is -0.497 e. The largest absolute Gasteiger partial charge is 0.497 e. The Balaban J connectivity index is 2.20. The molecule has 0 N–H and O–H groups in total. The van der Waals surface area contributed by atoms with E-state index in [0.29, 0.717) is 17.1 Å². The molecule has 4 heteroatoms. The zero-order valence-corrected chi connectivity index (χ0v) is 13.9. The third-order valence-electron chi connectivity index (χ3n) is 3.46. The summed E-state index contributed by atoms with van der Waals surface area (Å²) < 4.78 is 23.9. The van der Waals surface area contributed by atoms with Crippen LogP contribution in [0.3, 0.4) is 0 Å². The fraction of sp³-hybridized carbons (Fsp3) is 0.316. The van der Waals surface area contributed by atoms with Crippen LogP contribution < -0.4 is 9.47 Å². The van der Waals surface area contributed by atoms with Gasteiger partial charge in [0, 0.05) is 5.56 Å². The number of halogens is 1. The van der Waals surface area contributed by atoms with Crippen molar-refractivity contribution in [1.82, 2.24) is 0 Å². The summed E-state index contributed by atoms with van der Waals surface area (Å²) in [5, 5.41) is 0. The monoisotopic (exact) mass is 316 g/mol. The third-order valence-corrected chi connectivity index (χ3v) is 3.46. The van der Waals surface area contributed by atoms with Gasteiger partial charge in [0.05, 0.1) is 13.5 Å². The second kappa shape index (κ2) is 6.82. The maximum absolute atomic E-state index is 13.2. The number of rotatable bonds is 4. The molecule has 23 heavy (non-hydrogen) atoms. The summed E-state index contributed by atoms with van der Waals surface area (Å²) in [6.07, 6.45) is 0.0212. The molecule has 0 aliphatic heterocycles. The Bertz CT molecular complexity index is 702. The van der Waals surface area contributed by atoms with Crippen molar-refractivity contribution < 1.29 is 18.7 Å².